The van der Waals surface area contributed by atoms with Crippen LogP contribution in [-0.2, 0) is 0 Å². The van der Waals surface area contributed by atoms with Gasteiger partial charge in [-0.05, 0) is 25.8 Å². The summed E-state index contributed by atoms with van der Waals surface area (Å²) < 4.78 is 0. The average molecular weight is 411 g/mol. The number of hydrogen-bond donors (Lipinski definition) is 3. The fraction of sp³-hybridized carbons (Fsp3) is 1.00. The van der Waals surface area contributed by atoms with E-state index in [1.54, 1.807) is 0 Å². The van der Waals surface area contributed by atoms with Gasteiger partial charge in [0.1, 0.15) is 0 Å². The van der Waals surface area contributed by atoms with Gasteiger partial charge < -0.3 is 16.6 Å². The Balaban J connectivity index is -0.00000312. The predicted octanol–water partition coefficient (Wildman–Crippen LogP) is 6.37. The van der Waals surface area contributed by atoms with Crippen LogP contribution in [0.1, 0.15) is 129 Å². The normalized spacial score (nSPS) is 12.9. The summed E-state index contributed by atoms with van der Waals surface area (Å²) in [5.74, 6) is 0. The Labute approximate surface area is 174 Å². The van der Waals surface area contributed by atoms with Crippen LogP contribution in [0, 0.1) is 0 Å². The van der Waals surface area contributed by atoms with Crippen molar-refractivity contribution in [2.45, 2.75) is 134 Å². The molecule has 0 saturated heterocycles. The van der Waals surface area contributed by atoms with E-state index in [4.69, 9.17) is 16.6 Å². The van der Waals surface area contributed by atoms with Crippen molar-refractivity contribution < 1.29 is 14.5 Å². The van der Waals surface area contributed by atoms with Crippen molar-refractivity contribution in [2.75, 3.05) is 13.2 Å². The van der Waals surface area contributed by atoms with Crippen molar-refractivity contribution in [3.8, 4) is 0 Å². The van der Waals surface area contributed by atoms with Crippen LogP contribution in [0.5, 0.6) is 0 Å². The molecule has 0 aromatic heterocycles. The summed E-state index contributed by atoms with van der Waals surface area (Å²) in [4.78, 5) is 0. The second-order valence-corrected chi connectivity index (χ2v) is 8.43. The smallest absolute Gasteiger partial charge is 0.0448 e. The minimum Gasteiger partial charge on any atom is -0.396 e. The molecule has 0 aromatic carbocycles. The Kier molecular flexibility index (Phi) is 28.7. The molecule has 0 bridgehead atoms. The molecule has 0 rings (SSSR count). The largest absolute Gasteiger partial charge is 0.396 e. The number of aliphatic hydroxyl groups excluding tert-OH is 1. The van der Waals surface area contributed by atoms with E-state index in [0.717, 1.165) is 12.8 Å². The summed E-state index contributed by atoms with van der Waals surface area (Å²) in [5.41, 5.74) is 11.7. The van der Waals surface area contributed by atoms with E-state index >= 15 is 0 Å². The highest BCUT2D eigenvalue weighted by molar-refractivity contribution is 4.83. The van der Waals surface area contributed by atoms with Gasteiger partial charge in [-0.15, -0.1) is 0 Å². The Hall–Kier alpha value is -0.260. The van der Waals surface area contributed by atoms with Crippen LogP contribution in [0.15, 0.2) is 0 Å². The molecule has 28 heavy (non-hydrogen) atoms. The molecule has 5 N–H and O–H groups in total. The van der Waals surface area contributed by atoms with E-state index in [2.05, 4.69) is 6.92 Å². The van der Waals surface area contributed by atoms with Crippen LogP contribution in [0.4, 0.5) is 9.41 Å². The highest BCUT2D eigenvalue weighted by Gasteiger charge is 2.22. The third kappa shape index (κ3) is 22.0. The molecular formula is C23H52F2N2O. The molecule has 0 radical (unpaired) electrons. The van der Waals surface area contributed by atoms with Crippen molar-refractivity contribution in [3.05, 3.63) is 0 Å². The first-order chi connectivity index (χ1) is 12.7. The maximum Gasteiger partial charge on any atom is 0.0448 e. The zero-order valence-corrected chi connectivity index (χ0v) is 18.8. The SMILES string of the molecule is CCCCCCCCCCCCCCCCCCC(N)(CCN)CCO.F.F. The maximum atomic E-state index is 9.14. The molecule has 0 aliphatic heterocycles. The van der Waals surface area contributed by atoms with E-state index in [1.165, 1.54) is 103 Å². The van der Waals surface area contributed by atoms with E-state index < -0.39 is 0 Å². The lowest BCUT2D eigenvalue weighted by Crippen LogP contribution is -2.42. The number of hydrogen-bond acceptors (Lipinski definition) is 3. The summed E-state index contributed by atoms with van der Waals surface area (Å²) >= 11 is 0. The second kappa shape index (κ2) is 24.8. The third-order valence-corrected chi connectivity index (χ3v) is 5.78. The Bertz CT molecular complexity index is 275. The van der Waals surface area contributed by atoms with Gasteiger partial charge >= 0.3 is 0 Å². The lowest BCUT2D eigenvalue weighted by Gasteiger charge is -2.28. The minimum atomic E-state index is -0.237. The van der Waals surface area contributed by atoms with Crippen LogP contribution in [0.25, 0.3) is 0 Å². The second-order valence-electron chi connectivity index (χ2n) is 8.43. The van der Waals surface area contributed by atoms with Gasteiger partial charge in [-0.1, -0.05) is 110 Å². The van der Waals surface area contributed by atoms with E-state index in [1.807, 2.05) is 0 Å². The van der Waals surface area contributed by atoms with E-state index in [9.17, 15) is 0 Å². The van der Waals surface area contributed by atoms with Crippen LogP contribution in [0.3, 0.4) is 0 Å². The van der Waals surface area contributed by atoms with Crippen molar-refractivity contribution >= 4 is 0 Å². The Morgan fingerprint density at radius 2 is 0.929 bits per heavy atom. The summed E-state index contributed by atoms with van der Waals surface area (Å²) in [6.45, 7) is 3.08. The van der Waals surface area contributed by atoms with Gasteiger partial charge in [0.05, 0.1) is 0 Å². The summed E-state index contributed by atoms with van der Waals surface area (Å²) in [5, 5.41) is 9.14. The Morgan fingerprint density at radius 1 is 0.571 bits per heavy atom. The zero-order chi connectivity index (χ0) is 19.3. The van der Waals surface area contributed by atoms with Crippen LogP contribution >= 0.6 is 0 Å². The first-order valence-electron chi connectivity index (χ1n) is 11.8. The Morgan fingerprint density at radius 3 is 1.25 bits per heavy atom. The van der Waals surface area contributed by atoms with Gasteiger partial charge in [-0.3, -0.25) is 9.41 Å². The molecule has 1 unspecified atom stereocenters. The number of aliphatic hydroxyl groups is 1. The highest BCUT2D eigenvalue weighted by Crippen LogP contribution is 2.20. The molecule has 5 heteroatoms. The van der Waals surface area contributed by atoms with Crippen LogP contribution < -0.4 is 11.5 Å². The molecule has 0 heterocycles. The molecule has 174 valence electrons. The average Bonchev–Trinajstić information content (AvgIpc) is 2.62. The molecule has 0 aliphatic rings. The van der Waals surface area contributed by atoms with E-state index in [0.29, 0.717) is 13.0 Å². The fourth-order valence-corrected chi connectivity index (χ4v) is 3.91. The molecule has 1 atom stereocenters. The van der Waals surface area contributed by atoms with Gasteiger partial charge in [0, 0.05) is 12.1 Å². The first-order valence-corrected chi connectivity index (χ1v) is 11.8. The zero-order valence-electron chi connectivity index (χ0n) is 18.8. The van der Waals surface area contributed by atoms with Gasteiger partial charge in [0.25, 0.3) is 0 Å². The monoisotopic (exact) mass is 410 g/mol. The summed E-state index contributed by atoms with van der Waals surface area (Å²) in [7, 11) is 0. The van der Waals surface area contributed by atoms with Gasteiger partial charge in [-0.2, -0.15) is 0 Å². The molecular weight excluding hydrogens is 358 g/mol. The highest BCUT2D eigenvalue weighted by atomic mass is 19.0. The maximum absolute atomic E-state index is 9.14. The molecule has 0 amide bonds. The number of unbranched alkanes of at least 4 members (excludes halogenated alkanes) is 15. The van der Waals surface area contributed by atoms with Crippen LogP contribution in [0.2, 0.25) is 0 Å². The van der Waals surface area contributed by atoms with Gasteiger partial charge in [-0.25, -0.2) is 0 Å². The number of halogens is 2. The van der Waals surface area contributed by atoms with Crippen molar-refractivity contribution in [2.24, 2.45) is 11.5 Å². The summed E-state index contributed by atoms with van der Waals surface area (Å²) in [6, 6.07) is 0. The molecule has 0 aromatic rings. The van der Waals surface area contributed by atoms with Crippen LogP contribution in [-0.4, -0.2) is 23.8 Å². The van der Waals surface area contributed by atoms with Gasteiger partial charge in [0.2, 0.25) is 0 Å². The standard InChI is InChI=1S/C23H50N2O.2FH/c1-2-3-4-5-6-7-8-9-10-11-12-13-14-15-16-17-18-23(25,19-21-24)20-22-26;;/h26H,2-22,24-25H2,1H3;2*1H. The predicted molar refractivity (Wildman–Crippen MR) is 121 cm³/mol. The number of nitrogens with two attached hydrogens (primary N) is 2. The van der Waals surface area contributed by atoms with E-state index in [-0.39, 0.29) is 21.6 Å². The first kappa shape index (κ1) is 32.4. The molecule has 0 spiro atoms. The fourth-order valence-electron chi connectivity index (χ4n) is 3.91. The molecule has 0 saturated carbocycles. The summed E-state index contributed by atoms with van der Waals surface area (Å²) in [6.07, 6.45) is 24.8. The topological polar surface area (TPSA) is 72.3 Å². The number of rotatable bonds is 21. The van der Waals surface area contributed by atoms with Crippen molar-refractivity contribution in [1.82, 2.24) is 0 Å². The van der Waals surface area contributed by atoms with Crippen molar-refractivity contribution in [3.63, 3.8) is 0 Å². The quantitative estimate of drug-likeness (QED) is 0.192. The lowest BCUT2D eigenvalue weighted by molar-refractivity contribution is 0.221. The third-order valence-electron chi connectivity index (χ3n) is 5.78. The lowest BCUT2D eigenvalue weighted by atomic mass is 9.86. The molecule has 3 nitrogen and oxygen atoms in total. The molecule has 0 fully saturated rings. The van der Waals surface area contributed by atoms with Gasteiger partial charge in [0.15, 0.2) is 0 Å². The minimum absolute atomic E-state index is 0. The molecule has 0 aliphatic carbocycles. The van der Waals surface area contributed by atoms with Crippen molar-refractivity contribution in [1.29, 1.82) is 0 Å².